The Morgan fingerprint density at radius 3 is 2.67 bits per heavy atom. The van der Waals surface area contributed by atoms with Gasteiger partial charge < -0.3 is 5.32 Å². The van der Waals surface area contributed by atoms with Crippen molar-refractivity contribution in [1.29, 1.82) is 0 Å². The number of fused-ring (bicyclic) bond motifs is 1. The van der Waals surface area contributed by atoms with Gasteiger partial charge in [-0.1, -0.05) is 55.0 Å². The Morgan fingerprint density at radius 2 is 1.96 bits per heavy atom. The zero-order valence-corrected chi connectivity index (χ0v) is 15.3. The van der Waals surface area contributed by atoms with E-state index in [-0.39, 0.29) is 5.91 Å². The number of carbonyl (C=O) groups excluding carboxylic acids is 1. The second-order valence-electron chi connectivity index (χ2n) is 6.56. The number of anilines is 1. The molecule has 0 atom stereocenters. The number of nitrogens with one attached hydrogen (secondary N) is 1. The minimum absolute atomic E-state index is 0.0231. The number of amides is 1. The predicted octanol–water partition coefficient (Wildman–Crippen LogP) is 5.22. The van der Waals surface area contributed by atoms with Gasteiger partial charge in [0, 0.05) is 0 Å². The molecule has 2 aromatic carbocycles. The van der Waals surface area contributed by atoms with Crippen LogP contribution in [0.4, 0.5) is 5.13 Å². The minimum atomic E-state index is -0.0231. The molecule has 4 heteroatoms. The highest BCUT2D eigenvalue weighted by Crippen LogP contribution is 2.29. The van der Waals surface area contributed by atoms with E-state index in [0.717, 1.165) is 21.3 Å². The molecule has 0 aliphatic rings. The van der Waals surface area contributed by atoms with Gasteiger partial charge in [0.2, 0.25) is 5.91 Å². The molecule has 1 heterocycles. The fourth-order valence-corrected chi connectivity index (χ4v) is 3.66. The van der Waals surface area contributed by atoms with E-state index in [4.69, 9.17) is 0 Å². The van der Waals surface area contributed by atoms with E-state index >= 15 is 0 Å². The summed E-state index contributed by atoms with van der Waals surface area (Å²) in [5, 5.41) is 3.61. The summed E-state index contributed by atoms with van der Waals surface area (Å²) >= 11 is 1.53. The van der Waals surface area contributed by atoms with Crippen LogP contribution < -0.4 is 5.32 Å². The standard InChI is InChI=1S/C20H22N2OS/c1-12(2)15-7-8-17-18(10-15)24-20(21-17)22-19(23)11-16-6-5-13(3)9-14(16)4/h5-10,12H,11H2,1-4H3,(H,21,22,23). The van der Waals surface area contributed by atoms with E-state index in [0.29, 0.717) is 17.5 Å². The Kier molecular flexibility index (Phi) is 4.67. The number of aromatic nitrogens is 1. The Bertz CT molecular complexity index is 896. The van der Waals surface area contributed by atoms with Gasteiger partial charge in [0.15, 0.2) is 5.13 Å². The number of rotatable bonds is 4. The zero-order valence-electron chi connectivity index (χ0n) is 14.5. The van der Waals surface area contributed by atoms with Gasteiger partial charge in [0.25, 0.3) is 0 Å². The van der Waals surface area contributed by atoms with E-state index in [1.54, 1.807) is 0 Å². The van der Waals surface area contributed by atoms with Crippen molar-refractivity contribution < 1.29 is 4.79 Å². The molecule has 0 bridgehead atoms. The third kappa shape index (κ3) is 3.65. The van der Waals surface area contributed by atoms with Crippen LogP contribution in [-0.2, 0) is 11.2 Å². The van der Waals surface area contributed by atoms with Crippen LogP contribution in [0, 0.1) is 13.8 Å². The second kappa shape index (κ2) is 6.73. The van der Waals surface area contributed by atoms with Crippen LogP contribution in [0.2, 0.25) is 0 Å². The van der Waals surface area contributed by atoms with Crippen LogP contribution in [0.1, 0.15) is 42.0 Å². The van der Waals surface area contributed by atoms with Gasteiger partial charge in [-0.15, -0.1) is 0 Å². The highest BCUT2D eigenvalue weighted by atomic mass is 32.1. The lowest BCUT2D eigenvalue weighted by Gasteiger charge is -2.06. The summed E-state index contributed by atoms with van der Waals surface area (Å²) in [6.45, 7) is 8.45. The fraction of sp³-hybridized carbons (Fsp3) is 0.300. The lowest BCUT2D eigenvalue weighted by Crippen LogP contribution is -2.14. The Labute approximate surface area is 146 Å². The lowest BCUT2D eigenvalue weighted by atomic mass is 10.0. The molecule has 1 aromatic heterocycles. The second-order valence-corrected chi connectivity index (χ2v) is 7.59. The van der Waals surface area contributed by atoms with Crippen molar-refractivity contribution in [3.8, 4) is 0 Å². The summed E-state index contributed by atoms with van der Waals surface area (Å²) in [5.74, 6) is 0.462. The maximum absolute atomic E-state index is 12.3. The van der Waals surface area contributed by atoms with Crippen molar-refractivity contribution in [2.75, 3.05) is 5.32 Å². The minimum Gasteiger partial charge on any atom is -0.302 e. The van der Waals surface area contributed by atoms with Crippen LogP contribution in [0.15, 0.2) is 36.4 Å². The molecule has 0 saturated heterocycles. The number of hydrogen-bond donors (Lipinski definition) is 1. The average Bonchev–Trinajstić information content (AvgIpc) is 2.91. The third-order valence-corrected chi connectivity index (χ3v) is 5.11. The van der Waals surface area contributed by atoms with Gasteiger partial charge in [-0.05, 0) is 48.6 Å². The van der Waals surface area contributed by atoms with Crippen LogP contribution in [0.25, 0.3) is 10.2 Å². The van der Waals surface area contributed by atoms with Gasteiger partial charge in [0.1, 0.15) is 0 Å². The molecule has 1 N–H and O–H groups in total. The fourth-order valence-electron chi connectivity index (χ4n) is 2.73. The van der Waals surface area contributed by atoms with Crippen LogP contribution >= 0.6 is 11.3 Å². The number of nitrogens with zero attached hydrogens (tertiary/aromatic N) is 1. The first-order valence-corrected chi connectivity index (χ1v) is 9.00. The Morgan fingerprint density at radius 1 is 1.17 bits per heavy atom. The van der Waals surface area contributed by atoms with Gasteiger partial charge in [-0.2, -0.15) is 0 Å². The number of thiazole rings is 1. The van der Waals surface area contributed by atoms with Crippen LogP contribution in [0.3, 0.4) is 0 Å². The van der Waals surface area contributed by atoms with Crippen LogP contribution in [-0.4, -0.2) is 10.9 Å². The summed E-state index contributed by atoms with van der Waals surface area (Å²) in [7, 11) is 0. The van der Waals surface area contributed by atoms with Crippen molar-refractivity contribution in [3.05, 3.63) is 58.7 Å². The summed E-state index contributed by atoms with van der Waals surface area (Å²) in [6.07, 6.45) is 0.374. The first-order chi connectivity index (χ1) is 11.4. The highest BCUT2D eigenvalue weighted by Gasteiger charge is 2.11. The smallest absolute Gasteiger partial charge is 0.230 e. The molecular formula is C20H22N2OS. The van der Waals surface area contributed by atoms with E-state index < -0.39 is 0 Å². The Hall–Kier alpha value is -2.20. The molecule has 0 aliphatic carbocycles. The first kappa shape index (κ1) is 16.7. The predicted molar refractivity (Wildman–Crippen MR) is 102 cm³/mol. The van der Waals surface area contributed by atoms with Gasteiger partial charge >= 0.3 is 0 Å². The molecule has 1 amide bonds. The molecule has 0 aliphatic heterocycles. The molecule has 0 saturated carbocycles. The molecule has 0 radical (unpaired) electrons. The van der Waals surface area contributed by atoms with Crippen molar-refractivity contribution >= 4 is 32.6 Å². The number of carbonyl (C=O) groups is 1. The number of benzene rings is 2. The van der Waals surface area contributed by atoms with E-state index in [1.165, 1.54) is 22.5 Å². The van der Waals surface area contributed by atoms with Gasteiger partial charge in [-0.3, -0.25) is 4.79 Å². The topological polar surface area (TPSA) is 42.0 Å². The molecule has 3 aromatic rings. The van der Waals surface area contributed by atoms with Crippen molar-refractivity contribution in [1.82, 2.24) is 4.98 Å². The molecule has 0 unspecified atom stereocenters. The van der Waals surface area contributed by atoms with Gasteiger partial charge in [0.05, 0.1) is 16.6 Å². The maximum atomic E-state index is 12.3. The number of hydrogen-bond acceptors (Lipinski definition) is 3. The summed E-state index contributed by atoms with van der Waals surface area (Å²) in [6, 6.07) is 12.5. The molecule has 0 fully saturated rings. The molecular weight excluding hydrogens is 316 g/mol. The third-order valence-electron chi connectivity index (χ3n) is 4.17. The normalized spacial score (nSPS) is 11.2. The molecule has 3 nitrogen and oxygen atoms in total. The molecule has 24 heavy (non-hydrogen) atoms. The monoisotopic (exact) mass is 338 g/mol. The van der Waals surface area contributed by atoms with Crippen molar-refractivity contribution in [2.45, 2.75) is 40.0 Å². The summed E-state index contributed by atoms with van der Waals surface area (Å²) in [5.41, 5.74) is 5.65. The van der Waals surface area contributed by atoms with Crippen molar-refractivity contribution in [3.63, 3.8) is 0 Å². The zero-order chi connectivity index (χ0) is 17.3. The van der Waals surface area contributed by atoms with Gasteiger partial charge in [-0.25, -0.2) is 4.98 Å². The molecule has 0 spiro atoms. The van der Waals surface area contributed by atoms with Crippen molar-refractivity contribution in [2.24, 2.45) is 0 Å². The summed E-state index contributed by atoms with van der Waals surface area (Å²) in [4.78, 5) is 16.8. The Balaban J connectivity index is 1.75. The first-order valence-electron chi connectivity index (χ1n) is 8.19. The highest BCUT2D eigenvalue weighted by molar-refractivity contribution is 7.22. The van der Waals surface area contributed by atoms with E-state index in [1.807, 2.05) is 25.1 Å². The van der Waals surface area contributed by atoms with Crippen LogP contribution in [0.5, 0.6) is 0 Å². The molecule has 124 valence electrons. The average molecular weight is 338 g/mol. The lowest BCUT2D eigenvalue weighted by molar-refractivity contribution is -0.115. The maximum Gasteiger partial charge on any atom is 0.230 e. The molecule has 3 rings (SSSR count). The summed E-state index contributed by atoms with van der Waals surface area (Å²) < 4.78 is 1.11. The largest absolute Gasteiger partial charge is 0.302 e. The SMILES string of the molecule is Cc1ccc(CC(=O)Nc2nc3ccc(C(C)C)cc3s2)c(C)c1. The quantitative estimate of drug-likeness (QED) is 0.709. The van der Waals surface area contributed by atoms with E-state index in [2.05, 4.69) is 49.3 Å². The van der Waals surface area contributed by atoms with E-state index in [9.17, 15) is 4.79 Å². The number of aryl methyl sites for hydroxylation is 2.